The summed E-state index contributed by atoms with van der Waals surface area (Å²) in [5.41, 5.74) is 0.0115. The van der Waals surface area contributed by atoms with Gasteiger partial charge in [0, 0.05) is 5.56 Å². The molecule has 0 N–H and O–H groups in total. The van der Waals surface area contributed by atoms with Gasteiger partial charge in [0.2, 0.25) is 0 Å². The maximum atomic E-state index is 13.8. The quantitative estimate of drug-likeness (QED) is 0.807. The van der Waals surface area contributed by atoms with E-state index in [9.17, 15) is 13.6 Å². The summed E-state index contributed by atoms with van der Waals surface area (Å²) >= 11 is 0. The van der Waals surface area contributed by atoms with Gasteiger partial charge in [0.1, 0.15) is 5.41 Å². The van der Waals surface area contributed by atoms with Gasteiger partial charge < -0.3 is 0 Å². The Morgan fingerprint density at radius 2 is 1.60 bits per heavy atom. The Morgan fingerprint density at radius 3 is 2.30 bits per heavy atom. The van der Waals surface area contributed by atoms with Crippen LogP contribution in [0.1, 0.15) is 27.9 Å². The molecule has 0 saturated carbocycles. The zero-order chi connectivity index (χ0) is 14.2. The lowest BCUT2D eigenvalue weighted by Gasteiger charge is -2.36. The summed E-state index contributed by atoms with van der Waals surface area (Å²) in [6.07, 6.45) is -2.04. The van der Waals surface area contributed by atoms with Crippen LogP contribution in [0.25, 0.3) is 0 Å². The zero-order valence-electron chi connectivity index (χ0n) is 10.9. The lowest BCUT2D eigenvalue weighted by molar-refractivity contribution is 0.0342. The van der Waals surface area contributed by atoms with Crippen LogP contribution in [-0.4, -0.2) is 12.2 Å². The first kappa shape index (κ1) is 13.0. The van der Waals surface area contributed by atoms with E-state index in [0.717, 1.165) is 5.56 Å². The number of hydrogen-bond acceptors (Lipinski definition) is 1. The highest BCUT2D eigenvalue weighted by molar-refractivity contribution is 6.06. The Balaban J connectivity index is 2.17. The second-order valence-corrected chi connectivity index (χ2v) is 5.12. The van der Waals surface area contributed by atoms with Crippen LogP contribution in [0.3, 0.4) is 0 Å². The van der Waals surface area contributed by atoms with Crippen molar-refractivity contribution in [1.82, 2.24) is 0 Å². The van der Waals surface area contributed by atoms with Crippen molar-refractivity contribution in [3.63, 3.8) is 0 Å². The highest BCUT2D eigenvalue weighted by Crippen LogP contribution is 2.42. The minimum Gasteiger partial charge on any atom is -0.293 e. The van der Waals surface area contributed by atoms with Crippen molar-refractivity contribution in [1.29, 1.82) is 0 Å². The molecule has 1 aliphatic rings. The van der Waals surface area contributed by atoms with Crippen LogP contribution in [0.4, 0.5) is 8.78 Å². The average molecular weight is 272 g/mol. The van der Waals surface area contributed by atoms with E-state index < -0.39 is 17.6 Å². The number of Topliss-reactive ketones (excluding diaryl/α,β-unsaturated/α-hetero) is 1. The first-order chi connectivity index (χ1) is 9.66. The summed E-state index contributed by atoms with van der Waals surface area (Å²) in [4.78, 5) is 12.7. The smallest absolute Gasteiger partial charge is 0.255 e. The summed E-state index contributed by atoms with van der Waals surface area (Å²) in [7, 11) is 0. The molecular weight excluding hydrogens is 258 g/mol. The number of alkyl halides is 2. The minimum absolute atomic E-state index is 0.157. The Hall–Kier alpha value is -2.03. The van der Waals surface area contributed by atoms with Crippen molar-refractivity contribution >= 4 is 5.78 Å². The lowest BCUT2D eigenvalue weighted by Crippen LogP contribution is -2.46. The largest absolute Gasteiger partial charge is 0.293 e. The van der Waals surface area contributed by atoms with Gasteiger partial charge in [0.05, 0.1) is 0 Å². The normalized spacial score (nSPS) is 21.9. The molecule has 3 rings (SSSR count). The molecule has 0 fully saturated rings. The second kappa shape index (κ2) is 4.82. The monoisotopic (exact) mass is 272 g/mol. The fourth-order valence-corrected chi connectivity index (χ4v) is 2.99. The molecule has 0 spiro atoms. The molecule has 2 aromatic carbocycles. The highest BCUT2D eigenvalue weighted by Gasteiger charge is 2.50. The predicted octanol–water partition coefficient (Wildman–Crippen LogP) is 4.02. The number of fused-ring (bicyclic) bond motifs is 1. The molecule has 0 saturated heterocycles. The Kier molecular flexibility index (Phi) is 3.13. The summed E-state index contributed by atoms with van der Waals surface area (Å²) in [5.74, 6) is -0.458. The zero-order valence-corrected chi connectivity index (χ0v) is 10.9. The first-order valence-electron chi connectivity index (χ1n) is 6.62. The van der Waals surface area contributed by atoms with E-state index in [1.807, 2.05) is 12.1 Å². The van der Waals surface area contributed by atoms with Crippen LogP contribution in [0, 0.1) is 0 Å². The third kappa shape index (κ3) is 1.77. The van der Waals surface area contributed by atoms with Gasteiger partial charge in [-0.05, 0) is 24.0 Å². The first-order valence-corrected chi connectivity index (χ1v) is 6.62. The van der Waals surface area contributed by atoms with Gasteiger partial charge in [-0.3, -0.25) is 4.79 Å². The van der Waals surface area contributed by atoms with Crippen LogP contribution < -0.4 is 0 Å². The van der Waals surface area contributed by atoms with E-state index >= 15 is 0 Å². The Morgan fingerprint density at radius 1 is 0.950 bits per heavy atom. The molecule has 20 heavy (non-hydrogen) atoms. The van der Waals surface area contributed by atoms with Crippen molar-refractivity contribution in [2.75, 3.05) is 0 Å². The molecule has 0 heterocycles. The molecule has 0 amide bonds. The molecular formula is C17H14F2O. The molecule has 102 valence electrons. The molecule has 3 heteroatoms. The van der Waals surface area contributed by atoms with Crippen LogP contribution in [-0.2, 0) is 11.8 Å². The predicted molar refractivity (Wildman–Crippen MR) is 73.2 cm³/mol. The maximum Gasteiger partial charge on any atom is 0.255 e. The fraction of sp³-hybridized carbons (Fsp3) is 0.235. The van der Waals surface area contributed by atoms with Gasteiger partial charge >= 0.3 is 0 Å². The van der Waals surface area contributed by atoms with E-state index in [2.05, 4.69) is 0 Å². The number of carbonyl (C=O) groups is 1. The van der Waals surface area contributed by atoms with E-state index in [4.69, 9.17) is 0 Å². The molecule has 2 aromatic rings. The second-order valence-electron chi connectivity index (χ2n) is 5.12. The number of ketones is 1. The SMILES string of the molecule is O=C1c2ccccc2CCC1(c1ccccc1)C(F)F. The van der Waals surface area contributed by atoms with Gasteiger partial charge in [0.25, 0.3) is 6.43 Å². The minimum atomic E-state index is -2.70. The standard InChI is InChI=1S/C17H14F2O/c18-16(19)17(13-7-2-1-3-8-13)11-10-12-6-4-5-9-14(12)15(17)20/h1-9,16H,10-11H2. The summed E-state index contributed by atoms with van der Waals surface area (Å²) < 4.78 is 27.6. The molecule has 1 nitrogen and oxygen atoms in total. The Labute approximate surface area is 116 Å². The van der Waals surface area contributed by atoms with Crippen molar-refractivity contribution < 1.29 is 13.6 Å². The van der Waals surface area contributed by atoms with Crippen molar-refractivity contribution in [2.24, 2.45) is 0 Å². The number of benzene rings is 2. The number of rotatable bonds is 2. The molecule has 1 atom stereocenters. The van der Waals surface area contributed by atoms with Crippen molar-refractivity contribution in [3.8, 4) is 0 Å². The van der Waals surface area contributed by atoms with E-state index in [1.54, 1.807) is 42.5 Å². The van der Waals surface area contributed by atoms with Gasteiger partial charge in [-0.15, -0.1) is 0 Å². The van der Waals surface area contributed by atoms with Gasteiger partial charge in [-0.2, -0.15) is 0 Å². The van der Waals surface area contributed by atoms with Gasteiger partial charge in [-0.25, -0.2) is 8.78 Å². The molecule has 0 aromatic heterocycles. The van der Waals surface area contributed by atoms with Gasteiger partial charge in [-0.1, -0.05) is 54.6 Å². The molecule has 1 aliphatic carbocycles. The van der Waals surface area contributed by atoms with Crippen LogP contribution >= 0.6 is 0 Å². The van der Waals surface area contributed by atoms with Gasteiger partial charge in [0.15, 0.2) is 5.78 Å². The highest BCUT2D eigenvalue weighted by atomic mass is 19.3. The Bertz CT molecular complexity index is 636. The van der Waals surface area contributed by atoms with E-state index in [1.165, 1.54) is 0 Å². The number of carbonyl (C=O) groups excluding carboxylic acids is 1. The summed E-state index contributed by atoms with van der Waals surface area (Å²) in [6, 6.07) is 15.5. The molecule has 0 bridgehead atoms. The summed E-state index contributed by atoms with van der Waals surface area (Å²) in [6.45, 7) is 0. The number of halogens is 2. The van der Waals surface area contributed by atoms with Crippen molar-refractivity contribution in [3.05, 3.63) is 71.3 Å². The molecule has 0 aliphatic heterocycles. The topological polar surface area (TPSA) is 17.1 Å². The third-order valence-electron chi connectivity index (χ3n) is 4.12. The lowest BCUT2D eigenvalue weighted by atomic mass is 9.66. The molecule has 1 unspecified atom stereocenters. The van der Waals surface area contributed by atoms with Crippen molar-refractivity contribution in [2.45, 2.75) is 24.7 Å². The van der Waals surface area contributed by atoms with E-state index in [0.29, 0.717) is 17.5 Å². The third-order valence-corrected chi connectivity index (χ3v) is 4.12. The summed E-state index contributed by atoms with van der Waals surface area (Å²) in [5, 5.41) is 0. The molecule has 0 radical (unpaired) electrons. The maximum absolute atomic E-state index is 13.8. The van der Waals surface area contributed by atoms with Crippen LogP contribution in [0.5, 0.6) is 0 Å². The van der Waals surface area contributed by atoms with Crippen LogP contribution in [0.2, 0.25) is 0 Å². The number of hydrogen-bond donors (Lipinski definition) is 0. The van der Waals surface area contributed by atoms with Crippen LogP contribution in [0.15, 0.2) is 54.6 Å². The number of aryl methyl sites for hydroxylation is 1. The van der Waals surface area contributed by atoms with E-state index in [-0.39, 0.29) is 6.42 Å². The fourth-order valence-electron chi connectivity index (χ4n) is 2.99. The average Bonchev–Trinajstić information content (AvgIpc) is 2.49.